The Hall–Kier alpha value is -1.75. The van der Waals surface area contributed by atoms with Crippen molar-refractivity contribution in [2.45, 2.75) is 20.1 Å². The van der Waals surface area contributed by atoms with Gasteiger partial charge < -0.3 is 19.5 Å². The fourth-order valence-corrected chi connectivity index (χ4v) is 2.45. The monoisotopic (exact) mass is 349 g/mol. The number of nitrogens with one attached hydrogen (secondary N) is 1. The molecule has 0 atom stereocenters. The Balaban J connectivity index is 2.03. The molecule has 0 heterocycles. The molecule has 0 aromatic heterocycles. The van der Waals surface area contributed by atoms with E-state index in [0.29, 0.717) is 36.3 Å². The van der Waals surface area contributed by atoms with E-state index in [1.807, 2.05) is 12.1 Å². The maximum absolute atomic E-state index is 6.37. The molecule has 0 aliphatic carbocycles. The lowest BCUT2D eigenvalue weighted by Crippen LogP contribution is -2.18. The summed E-state index contributed by atoms with van der Waals surface area (Å²) < 4.78 is 16.3. The topological polar surface area (TPSA) is 39.7 Å². The third-order valence-electron chi connectivity index (χ3n) is 3.65. The van der Waals surface area contributed by atoms with Crippen LogP contribution in [-0.4, -0.2) is 27.4 Å². The quantitative estimate of drug-likeness (QED) is 0.695. The van der Waals surface area contributed by atoms with E-state index in [2.05, 4.69) is 36.5 Å². The molecule has 0 fully saturated rings. The van der Waals surface area contributed by atoms with E-state index in [-0.39, 0.29) is 0 Å². The lowest BCUT2D eigenvalue weighted by Gasteiger charge is -2.14. The molecule has 24 heavy (non-hydrogen) atoms. The summed E-state index contributed by atoms with van der Waals surface area (Å²) in [5.74, 6) is 1.32. The molecule has 0 unspecified atom stereocenters. The van der Waals surface area contributed by atoms with Gasteiger partial charge in [-0.15, -0.1) is 0 Å². The van der Waals surface area contributed by atoms with Crippen molar-refractivity contribution >= 4 is 11.6 Å². The molecule has 2 rings (SSSR count). The minimum atomic E-state index is 0.471. The van der Waals surface area contributed by atoms with Gasteiger partial charge in [0.2, 0.25) is 0 Å². The van der Waals surface area contributed by atoms with Crippen LogP contribution in [0.4, 0.5) is 0 Å². The third kappa shape index (κ3) is 5.41. The minimum absolute atomic E-state index is 0.471. The summed E-state index contributed by atoms with van der Waals surface area (Å²) >= 11 is 6.37. The number of ether oxygens (including phenoxy) is 3. The maximum Gasteiger partial charge on any atom is 0.163 e. The summed E-state index contributed by atoms with van der Waals surface area (Å²) in [6.07, 6.45) is 0. The van der Waals surface area contributed by atoms with Crippen LogP contribution in [0.1, 0.15) is 16.7 Å². The van der Waals surface area contributed by atoms with E-state index in [4.69, 9.17) is 25.8 Å². The second-order valence-electron chi connectivity index (χ2n) is 5.54. The van der Waals surface area contributed by atoms with E-state index in [9.17, 15) is 0 Å². The molecule has 0 amide bonds. The van der Waals surface area contributed by atoms with E-state index in [1.54, 1.807) is 14.2 Å². The Kier molecular flexibility index (Phi) is 7.37. The molecule has 1 N–H and O–H groups in total. The number of aryl methyl sites for hydroxylation is 1. The molecule has 130 valence electrons. The maximum atomic E-state index is 6.37. The molecule has 0 aliphatic heterocycles. The normalized spacial score (nSPS) is 10.7. The molecule has 0 saturated heterocycles. The highest BCUT2D eigenvalue weighted by atomic mass is 35.5. The molecule has 0 aliphatic rings. The highest BCUT2D eigenvalue weighted by Crippen LogP contribution is 2.33. The molecule has 0 bridgehead atoms. The van der Waals surface area contributed by atoms with Gasteiger partial charge >= 0.3 is 0 Å². The van der Waals surface area contributed by atoms with Crippen LogP contribution in [-0.2, 0) is 17.9 Å². The summed E-state index contributed by atoms with van der Waals surface area (Å²) in [5, 5.41) is 3.92. The van der Waals surface area contributed by atoms with Crippen LogP contribution in [0.25, 0.3) is 0 Å². The van der Waals surface area contributed by atoms with Crippen molar-refractivity contribution in [1.29, 1.82) is 0 Å². The van der Waals surface area contributed by atoms with Crippen molar-refractivity contribution in [1.82, 2.24) is 5.32 Å². The molecule has 2 aromatic rings. The van der Waals surface area contributed by atoms with Crippen LogP contribution >= 0.6 is 11.6 Å². The van der Waals surface area contributed by atoms with Crippen LogP contribution < -0.4 is 14.8 Å². The van der Waals surface area contributed by atoms with Crippen molar-refractivity contribution < 1.29 is 14.2 Å². The average Bonchev–Trinajstić information content (AvgIpc) is 2.59. The number of hydrogen-bond acceptors (Lipinski definition) is 4. The number of benzene rings is 2. The zero-order valence-electron chi connectivity index (χ0n) is 14.4. The predicted octanol–water partition coefficient (Wildman–Crippen LogP) is 3.97. The first-order chi connectivity index (χ1) is 11.6. The molecule has 0 radical (unpaired) electrons. The van der Waals surface area contributed by atoms with Gasteiger partial charge in [0.15, 0.2) is 11.5 Å². The van der Waals surface area contributed by atoms with Gasteiger partial charge in [0.05, 0.1) is 13.7 Å². The summed E-state index contributed by atoms with van der Waals surface area (Å²) in [4.78, 5) is 0. The average molecular weight is 350 g/mol. The number of rotatable bonds is 9. The molecule has 0 saturated carbocycles. The largest absolute Gasteiger partial charge is 0.493 e. The first kappa shape index (κ1) is 18.6. The van der Waals surface area contributed by atoms with Crippen LogP contribution in [0.2, 0.25) is 5.02 Å². The van der Waals surface area contributed by atoms with Gasteiger partial charge in [-0.25, -0.2) is 0 Å². The predicted molar refractivity (Wildman–Crippen MR) is 97.1 cm³/mol. The van der Waals surface area contributed by atoms with E-state index >= 15 is 0 Å². The van der Waals surface area contributed by atoms with Crippen molar-refractivity contribution in [3.05, 3.63) is 58.1 Å². The zero-order chi connectivity index (χ0) is 17.4. The molecular formula is C19H24ClNO3. The Bertz CT molecular complexity index is 644. The minimum Gasteiger partial charge on any atom is -0.493 e. The summed E-state index contributed by atoms with van der Waals surface area (Å²) in [6, 6.07) is 12.0. The van der Waals surface area contributed by atoms with Crippen molar-refractivity contribution in [2.24, 2.45) is 0 Å². The lowest BCUT2D eigenvalue weighted by molar-refractivity contribution is 0.199. The van der Waals surface area contributed by atoms with Crippen molar-refractivity contribution in [3.63, 3.8) is 0 Å². The SMILES string of the molecule is COCCNCc1cc(OC)c(OCc2ccc(C)cc2)cc1Cl. The second kappa shape index (κ2) is 9.52. The fraction of sp³-hybridized carbons (Fsp3) is 0.368. The van der Waals surface area contributed by atoms with E-state index in [0.717, 1.165) is 17.7 Å². The molecule has 5 heteroatoms. The molecule has 2 aromatic carbocycles. The molecule has 4 nitrogen and oxygen atoms in total. The number of halogens is 1. The van der Waals surface area contributed by atoms with Crippen molar-refractivity contribution in [2.75, 3.05) is 27.4 Å². The number of hydrogen-bond donors (Lipinski definition) is 1. The van der Waals surface area contributed by atoms with Gasteiger partial charge in [-0.1, -0.05) is 41.4 Å². The van der Waals surface area contributed by atoms with Gasteiger partial charge in [0.25, 0.3) is 0 Å². The Labute approximate surface area is 148 Å². The molecule has 0 spiro atoms. The summed E-state index contributed by atoms with van der Waals surface area (Å²) in [6.45, 7) is 4.61. The first-order valence-electron chi connectivity index (χ1n) is 7.88. The Morgan fingerprint density at radius 2 is 1.79 bits per heavy atom. The second-order valence-corrected chi connectivity index (χ2v) is 5.95. The van der Waals surface area contributed by atoms with Crippen LogP contribution in [0.5, 0.6) is 11.5 Å². The Morgan fingerprint density at radius 3 is 2.46 bits per heavy atom. The Morgan fingerprint density at radius 1 is 1.04 bits per heavy atom. The van der Waals surface area contributed by atoms with Gasteiger partial charge in [-0.2, -0.15) is 0 Å². The smallest absolute Gasteiger partial charge is 0.163 e. The zero-order valence-corrected chi connectivity index (χ0v) is 15.2. The van der Waals surface area contributed by atoms with E-state index in [1.165, 1.54) is 5.56 Å². The summed E-state index contributed by atoms with van der Waals surface area (Å²) in [5.41, 5.74) is 3.29. The fourth-order valence-electron chi connectivity index (χ4n) is 2.23. The van der Waals surface area contributed by atoms with Crippen LogP contribution in [0, 0.1) is 6.92 Å². The van der Waals surface area contributed by atoms with Gasteiger partial charge in [-0.05, 0) is 24.1 Å². The van der Waals surface area contributed by atoms with Gasteiger partial charge in [0.1, 0.15) is 6.61 Å². The van der Waals surface area contributed by atoms with Crippen molar-refractivity contribution in [3.8, 4) is 11.5 Å². The van der Waals surface area contributed by atoms with Gasteiger partial charge in [0, 0.05) is 31.3 Å². The van der Waals surface area contributed by atoms with Crippen LogP contribution in [0.15, 0.2) is 36.4 Å². The summed E-state index contributed by atoms with van der Waals surface area (Å²) in [7, 11) is 3.31. The number of methoxy groups -OCH3 is 2. The highest BCUT2D eigenvalue weighted by Gasteiger charge is 2.11. The van der Waals surface area contributed by atoms with Crippen LogP contribution in [0.3, 0.4) is 0 Å². The lowest BCUT2D eigenvalue weighted by atomic mass is 10.1. The van der Waals surface area contributed by atoms with E-state index < -0.39 is 0 Å². The standard InChI is InChI=1S/C19H24ClNO3/c1-14-4-6-15(7-5-14)13-24-19-11-17(20)16(10-18(19)23-3)12-21-8-9-22-2/h4-7,10-11,21H,8-9,12-13H2,1-3H3. The highest BCUT2D eigenvalue weighted by molar-refractivity contribution is 6.31. The first-order valence-corrected chi connectivity index (χ1v) is 8.26. The van der Waals surface area contributed by atoms with Gasteiger partial charge in [-0.3, -0.25) is 0 Å². The third-order valence-corrected chi connectivity index (χ3v) is 4.00. The molecular weight excluding hydrogens is 326 g/mol.